The number of aliphatic carboxylic acids is 2. The van der Waals surface area contributed by atoms with Gasteiger partial charge in [0.1, 0.15) is 4.90 Å². The van der Waals surface area contributed by atoms with E-state index in [2.05, 4.69) is 11.0 Å². The van der Waals surface area contributed by atoms with Crippen molar-refractivity contribution in [3.8, 4) is 0 Å². The minimum atomic E-state index is -3.81. The van der Waals surface area contributed by atoms with E-state index in [1.807, 2.05) is 30.0 Å². The summed E-state index contributed by atoms with van der Waals surface area (Å²) >= 11 is 0. The quantitative estimate of drug-likeness (QED) is 0.521. The van der Waals surface area contributed by atoms with Crippen LogP contribution >= 0.6 is 0 Å². The van der Waals surface area contributed by atoms with Crippen molar-refractivity contribution in [3.63, 3.8) is 0 Å². The van der Waals surface area contributed by atoms with Crippen LogP contribution in [0, 0.1) is 0 Å². The second-order valence-electron chi connectivity index (χ2n) is 8.84. The number of hydrogen-bond acceptors (Lipinski definition) is 7. The van der Waals surface area contributed by atoms with Crippen LogP contribution in [-0.2, 0) is 24.4 Å². The summed E-state index contributed by atoms with van der Waals surface area (Å²) in [4.78, 5) is 47.5. The molecule has 38 heavy (non-hydrogen) atoms. The number of anilines is 1. The van der Waals surface area contributed by atoms with E-state index in [9.17, 15) is 27.6 Å². The van der Waals surface area contributed by atoms with Crippen LogP contribution in [0.3, 0.4) is 0 Å². The molecule has 1 saturated heterocycles. The molecule has 0 saturated carbocycles. The largest absolute Gasteiger partial charge is 0.478 e. The van der Waals surface area contributed by atoms with Crippen LogP contribution in [0.25, 0.3) is 0 Å². The Bertz CT molecular complexity index is 1350. The first-order valence-corrected chi connectivity index (χ1v) is 13.3. The van der Waals surface area contributed by atoms with Crippen molar-refractivity contribution in [2.24, 2.45) is 0 Å². The van der Waals surface area contributed by atoms with Gasteiger partial charge in [-0.25, -0.2) is 22.3 Å². The minimum Gasteiger partial charge on any atom is -0.478 e. The first kappa shape index (κ1) is 28.4. The van der Waals surface area contributed by atoms with Crippen LogP contribution in [0.1, 0.15) is 35.7 Å². The van der Waals surface area contributed by atoms with E-state index in [0.29, 0.717) is 25.2 Å². The van der Waals surface area contributed by atoms with Gasteiger partial charge < -0.3 is 20.0 Å². The van der Waals surface area contributed by atoms with Gasteiger partial charge in [0.15, 0.2) is 0 Å². The fourth-order valence-corrected chi connectivity index (χ4v) is 5.87. The van der Waals surface area contributed by atoms with Gasteiger partial charge in [-0.15, -0.1) is 0 Å². The maximum absolute atomic E-state index is 12.8. The third-order valence-electron chi connectivity index (χ3n) is 6.25. The number of hydrogen-bond donors (Lipinski definition) is 2. The maximum Gasteiger partial charge on any atom is 0.328 e. The number of carboxylic acid groups (broad SMARTS) is 2. The Morgan fingerprint density at radius 2 is 1.55 bits per heavy atom. The highest BCUT2D eigenvalue weighted by Gasteiger charge is 2.41. The molecular formula is C26H29N3O8S. The summed E-state index contributed by atoms with van der Waals surface area (Å²) in [7, 11) is -3.81. The van der Waals surface area contributed by atoms with Gasteiger partial charge in [0.25, 0.3) is 15.9 Å². The van der Waals surface area contributed by atoms with Crippen molar-refractivity contribution in [2.45, 2.75) is 24.7 Å². The first-order valence-electron chi connectivity index (χ1n) is 11.8. The number of carboxylic acids is 2. The predicted molar refractivity (Wildman–Crippen MR) is 138 cm³/mol. The molecule has 0 bridgehead atoms. The number of amides is 2. The van der Waals surface area contributed by atoms with Crippen molar-refractivity contribution >= 4 is 39.5 Å². The summed E-state index contributed by atoms with van der Waals surface area (Å²) in [5.41, 5.74) is 2.25. The summed E-state index contributed by atoms with van der Waals surface area (Å²) in [6.07, 6.45) is 1.12. The first-order chi connectivity index (χ1) is 17.9. The average Bonchev–Trinajstić information content (AvgIpc) is 3.08. The van der Waals surface area contributed by atoms with Crippen molar-refractivity contribution in [1.82, 2.24) is 9.21 Å². The molecule has 1 atom stereocenters. The summed E-state index contributed by atoms with van der Waals surface area (Å²) in [5.74, 6) is -3.04. The lowest BCUT2D eigenvalue weighted by Gasteiger charge is -2.36. The zero-order valence-corrected chi connectivity index (χ0v) is 21.8. The number of benzene rings is 2. The molecule has 202 valence electrons. The fraction of sp³-hybridized carbons (Fsp3) is 0.308. The third-order valence-corrected chi connectivity index (χ3v) is 8.06. The Labute approximate surface area is 220 Å². The highest BCUT2D eigenvalue weighted by molar-refractivity contribution is 7.90. The second kappa shape index (κ2) is 11.9. The summed E-state index contributed by atoms with van der Waals surface area (Å²) in [5, 5.41) is 15.6. The molecule has 4 rings (SSSR count). The summed E-state index contributed by atoms with van der Waals surface area (Å²) < 4.78 is 26.6. The highest BCUT2D eigenvalue weighted by atomic mass is 32.2. The number of nitrogens with zero attached hydrogens (tertiary/aromatic N) is 3. The van der Waals surface area contributed by atoms with Gasteiger partial charge in [0.2, 0.25) is 5.91 Å². The van der Waals surface area contributed by atoms with Gasteiger partial charge in [0, 0.05) is 57.5 Å². The van der Waals surface area contributed by atoms with Crippen molar-refractivity contribution in [2.75, 3.05) is 37.6 Å². The number of rotatable bonds is 6. The van der Waals surface area contributed by atoms with E-state index >= 15 is 0 Å². The number of carbonyl (C=O) groups is 4. The molecular weight excluding hydrogens is 514 g/mol. The topological polar surface area (TPSA) is 153 Å². The Morgan fingerprint density at radius 3 is 2.11 bits per heavy atom. The molecule has 12 heteroatoms. The van der Waals surface area contributed by atoms with Crippen LogP contribution in [0.15, 0.2) is 65.6 Å². The van der Waals surface area contributed by atoms with Crippen LogP contribution in [0.5, 0.6) is 0 Å². The van der Waals surface area contributed by atoms with Crippen molar-refractivity contribution in [3.05, 3.63) is 71.8 Å². The molecule has 0 spiro atoms. The van der Waals surface area contributed by atoms with E-state index in [0.717, 1.165) is 28.6 Å². The Balaban J connectivity index is 0.000000436. The molecule has 1 fully saturated rings. The molecule has 2 heterocycles. The number of carbonyl (C=O) groups excluding carboxylic acids is 2. The molecule has 2 N–H and O–H groups in total. The number of fused-ring (bicyclic) bond motifs is 1. The van der Waals surface area contributed by atoms with Crippen LogP contribution < -0.4 is 4.90 Å². The Morgan fingerprint density at radius 1 is 0.947 bits per heavy atom. The van der Waals surface area contributed by atoms with Gasteiger partial charge in [-0.05, 0) is 35.7 Å². The average molecular weight is 544 g/mol. The minimum absolute atomic E-state index is 0.0827. The molecule has 2 aliphatic rings. The molecule has 1 unspecified atom stereocenters. The van der Waals surface area contributed by atoms with Crippen LogP contribution in [-0.4, -0.2) is 84.3 Å². The summed E-state index contributed by atoms with van der Waals surface area (Å²) in [6, 6.07) is 14.3. The predicted octanol–water partition coefficient (Wildman–Crippen LogP) is 2.02. The van der Waals surface area contributed by atoms with Crippen LogP contribution in [0.2, 0.25) is 0 Å². The van der Waals surface area contributed by atoms with Gasteiger partial charge in [-0.1, -0.05) is 31.2 Å². The second-order valence-corrected chi connectivity index (χ2v) is 10.7. The van der Waals surface area contributed by atoms with E-state index < -0.39 is 27.9 Å². The lowest BCUT2D eigenvalue weighted by Crippen LogP contribution is -2.48. The lowest BCUT2D eigenvalue weighted by atomic mass is 10.00. The maximum atomic E-state index is 12.8. The zero-order chi connectivity index (χ0) is 28.0. The Kier molecular flexibility index (Phi) is 8.89. The van der Waals surface area contributed by atoms with Gasteiger partial charge >= 0.3 is 11.9 Å². The third kappa shape index (κ3) is 6.57. The molecule has 2 amide bonds. The number of piperazine rings is 1. The van der Waals surface area contributed by atoms with Crippen molar-refractivity contribution < 1.29 is 37.8 Å². The van der Waals surface area contributed by atoms with E-state index in [4.69, 9.17) is 10.2 Å². The van der Waals surface area contributed by atoms with Gasteiger partial charge in [0.05, 0.1) is 5.56 Å². The normalized spacial score (nSPS) is 17.0. The molecule has 11 nitrogen and oxygen atoms in total. The monoisotopic (exact) mass is 543 g/mol. The fourth-order valence-electron chi connectivity index (χ4n) is 4.22. The molecule has 2 aromatic rings. The Hall–Kier alpha value is -4.19. The molecule has 0 aromatic heterocycles. The molecule has 2 aliphatic heterocycles. The number of sulfonamides is 1. The van der Waals surface area contributed by atoms with E-state index in [1.54, 1.807) is 25.1 Å². The van der Waals surface area contributed by atoms with Gasteiger partial charge in [-0.2, -0.15) is 0 Å². The van der Waals surface area contributed by atoms with Crippen molar-refractivity contribution in [1.29, 1.82) is 0 Å². The molecule has 0 aliphatic carbocycles. The zero-order valence-electron chi connectivity index (χ0n) is 21.0. The smallest absolute Gasteiger partial charge is 0.328 e. The van der Waals surface area contributed by atoms with E-state index in [1.165, 1.54) is 6.07 Å². The standard InChI is InChI=1S/C22H25N3O4S.C4H4O4/c1-16(15-25-22(27)20-8-3-4-9-21(20)30(25,28)29)18-6-5-7-19(14-18)24-12-10-23(11-13-24)17(2)26;5-3(6)1-2-4(7)8/h3-9,14,16H,10-13,15H2,1-2H3;1-2H,(H,5,6)(H,7,8). The van der Waals surface area contributed by atoms with Crippen LogP contribution in [0.4, 0.5) is 5.69 Å². The SMILES string of the molecule is CC(=O)N1CCN(c2cccc(C(C)CN3C(=O)c4ccccc4S3(=O)=O)c2)CC1.O=C(O)C=CC(=O)O. The lowest BCUT2D eigenvalue weighted by molar-refractivity contribution is -0.134. The summed E-state index contributed by atoms with van der Waals surface area (Å²) in [6.45, 7) is 6.50. The molecule has 0 radical (unpaired) electrons. The van der Waals surface area contributed by atoms with Gasteiger partial charge in [-0.3, -0.25) is 9.59 Å². The highest BCUT2D eigenvalue weighted by Crippen LogP contribution is 2.32. The van der Waals surface area contributed by atoms with E-state index in [-0.39, 0.29) is 28.8 Å². The molecule has 2 aromatic carbocycles.